The van der Waals surface area contributed by atoms with E-state index < -0.39 is 46.4 Å². The summed E-state index contributed by atoms with van der Waals surface area (Å²) in [6.07, 6.45) is 3.40. The number of benzene rings is 2. The topological polar surface area (TPSA) is 149 Å². The molecule has 2 heterocycles. The lowest BCUT2D eigenvalue weighted by molar-refractivity contribution is -0.145. The van der Waals surface area contributed by atoms with Crippen molar-refractivity contribution in [2.45, 2.75) is 85.0 Å². The van der Waals surface area contributed by atoms with Gasteiger partial charge in [-0.2, -0.15) is 0 Å². The number of aliphatic hydroxyl groups is 1. The number of nitrogens with one attached hydrogen (secondary N) is 4. The summed E-state index contributed by atoms with van der Waals surface area (Å²) in [5, 5.41) is 22.1. The molecule has 2 aliphatic heterocycles. The zero-order chi connectivity index (χ0) is 35.7. The van der Waals surface area contributed by atoms with Crippen LogP contribution in [0.2, 0.25) is 0 Å². The minimum Gasteiger partial charge on any atom is -0.453 e. The molecule has 0 unspecified atom stereocenters. The summed E-state index contributed by atoms with van der Waals surface area (Å²) in [5.74, 6) is -1.42. The molecule has 2 aromatic rings. The highest BCUT2D eigenvalue weighted by molar-refractivity contribution is 9.10. The van der Waals surface area contributed by atoms with Gasteiger partial charge in [0, 0.05) is 30.5 Å². The van der Waals surface area contributed by atoms with Crippen molar-refractivity contribution >= 4 is 45.8 Å². The molecule has 0 saturated heterocycles. The smallest absolute Gasteiger partial charge is 0.407 e. The third kappa shape index (κ3) is 11.5. The standard InChI is InChI=1S/C36H50BrN5O6/c1-34(2,3)28-30(43)38-20-8-10-24-11-13-25(14-12-24)22-36(47,32(45)39-28)19-9-21-42(23-26-15-17-27(37)18-16-26)41-31(44)29(35(4,5)6)40-33(46)48-7/h8,10-18,28-29,47H,9,19-23H2,1-7H3,(H,38,43)(H,39,45)(H,40,46)(H,41,44)/b10-8-/t28-,29-,36-/m1/s1. The monoisotopic (exact) mass is 727 g/mol. The average Bonchev–Trinajstić information content (AvgIpc) is 3.00. The quantitative estimate of drug-likeness (QED) is 0.239. The van der Waals surface area contributed by atoms with Gasteiger partial charge in [0.25, 0.3) is 11.8 Å². The van der Waals surface area contributed by atoms with Gasteiger partial charge in [-0.15, -0.1) is 0 Å². The van der Waals surface area contributed by atoms with Gasteiger partial charge in [-0.05, 0) is 52.5 Å². The largest absolute Gasteiger partial charge is 0.453 e. The Balaban J connectivity index is 1.89. The SMILES string of the molecule is COC(=O)N[C@H](C(=O)NN(CCC[C@@]1(O)Cc2ccc(cc2)/C=C\CNC(=O)[C@H](C(C)(C)C)NC1=O)Cc1ccc(Br)cc1)C(C)(C)C. The van der Waals surface area contributed by atoms with Crippen LogP contribution in [0.5, 0.6) is 0 Å². The van der Waals surface area contributed by atoms with Crippen molar-refractivity contribution in [2.75, 3.05) is 20.2 Å². The molecule has 0 aliphatic carbocycles. The van der Waals surface area contributed by atoms with Crippen LogP contribution in [-0.4, -0.2) is 71.8 Å². The van der Waals surface area contributed by atoms with E-state index in [0.717, 1.165) is 21.2 Å². The fourth-order valence-corrected chi connectivity index (χ4v) is 5.65. The summed E-state index contributed by atoms with van der Waals surface area (Å²) in [5.41, 5.74) is 2.42. The van der Waals surface area contributed by atoms with Crippen molar-refractivity contribution < 1.29 is 29.0 Å². The molecule has 0 spiro atoms. The maximum absolute atomic E-state index is 13.9. The molecule has 2 bridgehead atoms. The van der Waals surface area contributed by atoms with E-state index in [-0.39, 0.29) is 25.3 Å². The number of rotatable bonds is 9. The molecule has 0 saturated carbocycles. The fraction of sp³-hybridized carbons (Fsp3) is 0.500. The van der Waals surface area contributed by atoms with Crippen LogP contribution in [0.15, 0.2) is 59.1 Å². The highest BCUT2D eigenvalue weighted by Crippen LogP contribution is 2.26. The Kier molecular flexibility index (Phi) is 13.4. The van der Waals surface area contributed by atoms with Crippen LogP contribution < -0.4 is 21.4 Å². The van der Waals surface area contributed by atoms with Crippen molar-refractivity contribution in [2.24, 2.45) is 10.8 Å². The van der Waals surface area contributed by atoms with E-state index in [1.807, 2.05) is 102 Å². The lowest BCUT2D eigenvalue weighted by Crippen LogP contribution is -2.59. The molecular formula is C36H50BrN5O6. The van der Waals surface area contributed by atoms with E-state index in [9.17, 15) is 24.3 Å². The fourth-order valence-electron chi connectivity index (χ4n) is 5.38. The Morgan fingerprint density at radius 3 is 2.29 bits per heavy atom. The van der Waals surface area contributed by atoms with Gasteiger partial charge in [0.2, 0.25) is 5.91 Å². The van der Waals surface area contributed by atoms with E-state index in [0.29, 0.717) is 19.5 Å². The highest BCUT2D eigenvalue weighted by Gasteiger charge is 2.41. The van der Waals surface area contributed by atoms with Crippen molar-refractivity contribution in [1.29, 1.82) is 0 Å². The summed E-state index contributed by atoms with van der Waals surface area (Å²) < 4.78 is 5.66. The van der Waals surface area contributed by atoms with Crippen LogP contribution in [0.4, 0.5) is 4.79 Å². The number of hydrogen-bond donors (Lipinski definition) is 5. The van der Waals surface area contributed by atoms with Crippen LogP contribution in [0.25, 0.3) is 6.08 Å². The lowest BCUT2D eigenvalue weighted by Gasteiger charge is -2.35. The maximum Gasteiger partial charge on any atom is 0.407 e. The van der Waals surface area contributed by atoms with Crippen LogP contribution in [0, 0.1) is 10.8 Å². The van der Waals surface area contributed by atoms with Crippen molar-refractivity contribution in [1.82, 2.24) is 26.4 Å². The summed E-state index contributed by atoms with van der Waals surface area (Å²) in [7, 11) is 1.24. The Morgan fingerprint density at radius 1 is 1.06 bits per heavy atom. The first-order valence-corrected chi connectivity index (χ1v) is 16.9. The average molecular weight is 729 g/mol. The number of hydrogen-bond acceptors (Lipinski definition) is 7. The predicted octanol–water partition coefficient (Wildman–Crippen LogP) is 4.48. The number of methoxy groups -OCH3 is 1. The first-order chi connectivity index (χ1) is 22.4. The second kappa shape index (κ2) is 16.6. The molecule has 2 aliphatic rings. The molecule has 0 fully saturated rings. The van der Waals surface area contributed by atoms with Crippen LogP contribution >= 0.6 is 15.9 Å². The number of fused-ring (bicyclic) bond motifs is 10. The van der Waals surface area contributed by atoms with E-state index in [1.165, 1.54) is 7.11 Å². The molecule has 4 amide bonds. The zero-order valence-corrected chi connectivity index (χ0v) is 30.6. The third-order valence-electron chi connectivity index (χ3n) is 8.16. The van der Waals surface area contributed by atoms with Gasteiger partial charge in [0.15, 0.2) is 0 Å². The minimum atomic E-state index is -1.86. The van der Waals surface area contributed by atoms with Crippen LogP contribution in [0.3, 0.4) is 0 Å². The summed E-state index contributed by atoms with van der Waals surface area (Å²) in [6, 6.07) is 13.4. The number of ether oxygens (including phenoxy) is 1. The Hall–Kier alpha value is -3.74. The van der Waals surface area contributed by atoms with Crippen molar-refractivity contribution in [3.05, 3.63) is 75.8 Å². The number of nitrogens with zero attached hydrogens (tertiary/aromatic N) is 1. The highest BCUT2D eigenvalue weighted by atomic mass is 79.9. The van der Waals surface area contributed by atoms with Gasteiger partial charge < -0.3 is 25.8 Å². The second-order valence-electron chi connectivity index (χ2n) is 14.4. The number of amides is 4. The normalized spacial score (nSPS) is 20.2. The number of alkyl carbamates (subject to hydrolysis) is 1. The molecule has 5 N–H and O–H groups in total. The first-order valence-electron chi connectivity index (χ1n) is 16.1. The second-order valence-corrected chi connectivity index (χ2v) is 15.3. The zero-order valence-electron chi connectivity index (χ0n) is 29.0. The summed E-state index contributed by atoms with van der Waals surface area (Å²) >= 11 is 3.45. The number of carbonyl (C=O) groups is 4. The molecule has 3 atom stereocenters. The van der Waals surface area contributed by atoms with E-state index in [2.05, 4.69) is 37.3 Å². The minimum absolute atomic E-state index is 0.0233. The van der Waals surface area contributed by atoms with Crippen molar-refractivity contribution in [3.8, 4) is 0 Å². The van der Waals surface area contributed by atoms with E-state index in [4.69, 9.17) is 4.74 Å². The third-order valence-corrected chi connectivity index (χ3v) is 8.68. The van der Waals surface area contributed by atoms with Crippen LogP contribution in [0.1, 0.15) is 71.1 Å². The number of hydrazine groups is 1. The van der Waals surface area contributed by atoms with Gasteiger partial charge in [-0.1, -0.05) is 106 Å². The van der Waals surface area contributed by atoms with Gasteiger partial charge in [-0.3, -0.25) is 19.8 Å². The molecular weight excluding hydrogens is 678 g/mol. The molecule has 0 aromatic heterocycles. The maximum atomic E-state index is 13.9. The van der Waals surface area contributed by atoms with Gasteiger partial charge in [0.05, 0.1) is 7.11 Å². The molecule has 11 nitrogen and oxygen atoms in total. The number of halogens is 1. The predicted molar refractivity (Wildman–Crippen MR) is 189 cm³/mol. The Labute approximate surface area is 292 Å². The molecule has 12 heteroatoms. The van der Waals surface area contributed by atoms with E-state index >= 15 is 0 Å². The molecule has 48 heavy (non-hydrogen) atoms. The molecule has 262 valence electrons. The molecule has 2 aromatic carbocycles. The first kappa shape index (κ1) is 38.7. The van der Waals surface area contributed by atoms with Crippen molar-refractivity contribution in [3.63, 3.8) is 0 Å². The Morgan fingerprint density at radius 2 is 1.71 bits per heavy atom. The molecule has 4 rings (SSSR count). The number of carbonyl (C=O) groups excluding carboxylic acids is 4. The Bertz CT molecular complexity index is 1450. The summed E-state index contributed by atoms with van der Waals surface area (Å²) in [4.78, 5) is 52.8. The lowest BCUT2D eigenvalue weighted by atomic mass is 9.83. The van der Waals surface area contributed by atoms with Crippen LogP contribution in [-0.2, 0) is 32.1 Å². The molecule has 0 radical (unpaired) electrons. The van der Waals surface area contributed by atoms with Gasteiger partial charge >= 0.3 is 6.09 Å². The van der Waals surface area contributed by atoms with Gasteiger partial charge in [0.1, 0.15) is 17.7 Å². The van der Waals surface area contributed by atoms with Gasteiger partial charge in [-0.25, -0.2) is 9.80 Å². The summed E-state index contributed by atoms with van der Waals surface area (Å²) in [6.45, 7) is 11.9. The van der Waals surface area contributed by atoms with E-state index in [1.54, 1.807) is 5.01 Å².